The zero-order chi connectivity index (χ0) is 13.0. The molecule has 0 aliphatic carbocycles. The molecule has 0 saturated carbocycles. The highest BCUT2D eigenvalue weighted by atomic mass is 16.5. The van der Waals surface area contributed by atoms with Crippen molar-refractivity contribution in [2.75, 3.05) is 6.61 Å². The van der Waals surface area contributed by atoms with Crippen LogP contribution in [0.5, 0.6) is 5.75 Å². The van der Waals surface area contributed by atoms with Crippen molar-refractivity contribution >= 4 is 6.29 Å². The van der Waals surface area contributed by atoms with Crippen LogP contribution in [0.3, 0.4) is 0 Å². The quantitative estimate of drug-likeness (QED) is 0.771. The molecule has 1 aromatic heterocycles. The average molecular weight is 241 g/mol. The van der Waals surface area contributed by atoms with Crippen LogP contribution in [-0.2, 0) is 0 Å². The molecule has 18 heavy (non-hydrogen) atoms. The van der Waals surface area contributed by atoms with Gasteiger partial charge in [-0.05, 0) is 50.2 Å². The molecule has 0 atom stereocenters. The number of ether oxygens (including phenoxy) is 1. The summed E-state index contributed by atoms with van der Waals surface area (Å²) in [4.78, 5) is 15.3. The number of pyridine rings is 1. The summed E-state index contributed by atoms with van der Waals surface area (Å²) in [6.45, 7) is 4.48. The molecule has 1 aromatic carbocycles. The lowest BCUT2D eigenvalue weighted by Gasteiger charge is -2.06. The summed E-state index contributed by atoms with van der Waals surface area (Å²) in [7, 11) is 0. The van der Waals surface area contributed by atoms with Crippen molar-refractivity contribution in [2.24, 2.45) is 0 Å². The lowest BCUT2D eigenvalue weighted by Crippen LogP contribution is -1.93. The fourth-order valence-corrected chi connectivity index (χ4v) is 1.80. The first-order chi connectivity index (χ1) is 8.72. The second-order valence-electron chi connectivity index (χ2n) is 4.00. The third kappa shape index (κ3) is 2.74. The Balaban J connectivity index is 2.35. The molecule has 1 heterocycles. The van der Waals surface area contributed by atoms with E-state index >= 15 is 0 Å². The lowest BCUT2D eigenvalue weighted by atomic mass is 10.1. The largest absolute Gasteiger partial charge is 0.494 e. The van der Waals surface area contributed by atoms with Crippen LogP contribution in [0.2, 0.25) is 0 Å². The molecule has 2 aromatic rings. The van der Waals surface area contributed by atoms with Gasteiger partial charge in [0.25, 0.3) is 0 Å². The van der Waals surface area contributed by atoms with Crippen LogP contribution in [0.4, 0.5) is 0 Å². The van der Waals surface area contributed by atoms with Gasteiger partial charge in [0.1, 0.15) is 12.0 Å². The Morgan fingerprint density at radius 2 is 1.94 bits per heavy atom. The molecule has 0 N–H and O–H groups in total. The van der Waals surface area contributed by atoms with Crippen molar-refractivity contribution < 1.29 is 9.53 Å². The summed E-state index contributed by atoms with van der Waals surface area (Å²) in [5.41, 5.74) is 3.26. The number of aldehydes is 1. The molecule has 0 spiro atoms. The highest BCUT2D eigenvalue weighted by Gasteiger charge is 2.03. The maximum Gasteiger partial charge on any atom is 0.150 e. The summed E-state index contributed by atoms with van der Waals surface area (Å²) in [6, 6.07) is 11.3. The van der Waals surface area contributed by atoms with Crippen LogP contribution in [-0.4, -0.2) is 17.9 Å². The Labute approximate surface area is 106 Å². The lowest BCUT2D eigenvalue weighted by molar-refractivity contribution is 0.112. The highest BCUT2D eigenvalue weighted by Crippen LogP contribution is 2.22. The third-order valence-electron chi connectivity index (χ3n) is 2.57. The van der Waals surface area contributed by atoms with Crippen LogP contribution in [0, 0.1) is 6.92 Å². The molecule has 92 valence electrons. The van der Waals surface area contributed by atoms with Gasteiger partial charge in [0.05, 0.1) is 12.3 Å². The minimum absolute atomic E-state index is 0.645. The van der Waals surface area contributed by atoms with Gasteiger partial charge >= 0.3 is 0 Å². The van der Waals surface area contributed by atoms with Gasteiger partial charge in [-0.2, -0.15) is 0 Å². The monoisotopic (exact) mass is 241 g/mol. The SMILES string of the molecule is CCOc1ccc(-c2cc(C=O)cc(C)n2)cc1. The second kappa shape index (κ2) is 5.45. The first-order valence-corrected chi connectivity index (χ1v) is 5.90. The number of rotatable bonds is 4. The van der Waals surface area contributed by atoms with Gasteiger partial charge in [-0.3, -0.25) is 9.78 Å². The molecule has 0 aliphatic rings. The van der Waals surface area contributed by atoms with Crippen LogP contribution in [0.25, 0.3) is 11.3 Å². The van der Waals surface area contributed by atoms with Gasteiger partial charge in [-0.15, -0.1) is 0 Å². The molecule has 0 amide bonds. The highest BCUT2D eigenvalue weighted by molar-refractivity contribution is 5.78. The fourth-order valence-electron chi connectivity index (χ4n) is 1.80. The summed E-state index contributed by atoms with van der Waals surface area (Å²) < 4.78 is 5.39. The molecule has 0 saturated heterocycles. The molecule has 0 unspecified atom stereocenters. The number of hydrogen-bond donors (Lipinski definition) is 0. The van der Waals surface area contributed by atoms with E-state index in [0.29, 0.717) is 12.2 Å². The molecule has 0 bridgehead atoms. The number of carbonyl (C=O) groups excluding carboxylic acids is 1. The van der Waals surface area contributed by atoms with Crippen LogP contribution in [0.15, 0.2) is 36.4 Å². The topological polar surface area (TPSA) is 39.2 Å². The van der Waals surface area contributed by atoms with Crippen molar-refractivity contribution in [1.82, 2.24) is 4.98 Å². The minimum atomic E-state index is 0.645. The van der Waals surface area contributed by atoms with Gasteiger partial charge < -0.3 is 4.74 Å². The van der Waals surface area contributed by atoms with E-state index in [9.17, 15) is 4.79 Å². The van der Waals surface area contributed by atoms with Gasteiger partial charge in [-0.1, -0.05) is 0 Å². The number of carbonyl (C=O) groups is 1. The van der Waals surface area contributed by atoms with Crippen molar-refractivity contribution in [1.29, 1.82) is 0 Å². The molecule has 2 rings (SSSR count). The van der Waals surface area contributed by atoms with Crippen molar-refractivity contribution in [3.8, 4) is 17.0 Å². The smallest absolute Gasteiger partial charge is 0.150 e. The second-order valence-corrected chi connectivity index (χ2v) is 4.00. The van der Waals surface area contributed by atoms with Crippen LogP contribution >= 0.6 is 0 Å². The number of aromatic nitrogens is 1. The molecule has 0 aliphatic heterocycles. The van der Waals surface area contributed by atoms with E-state index in [4.69, 9.17) is 4.74 Å². The number of hydrogen-bond acceptors (Lipinski definition) is 3. The molecule has 0 fully saturated rings. The maximum absolute atomic E-state index is 10.8. The number of nitrogens with zero attached hydrogens (tertiary/aromatic N) is 1. The summed E-state index contributed by atoms with van der Waals surface area (Å²) >= 11 is 0. The predicted molar refractivity (Wildman–Crippen MR) is 71.0 cm³/mol. The molecule has 3 nitrogen and oxygen atoms in total. The zero-order valence-electron chi connectivity index (χ0n) is 10.5. The first-order valence-electron chi connectivity index (χ1n) is 5.90. The van der Waals surface area contributed by atoms with E-state index in [-0.39, 0.29) is 0 Å². The van der Waals surface area contributed by atoms with E-state index in [1.165, 1.54) is 0 Å². The van der Waals surface area contributed by atoms with E-state index in [0.717, 1.165) is 29.0 Å². The summed E-state index contributed by atoms with van der Waals surface area (Å²) in [5.74, 6) is 0.838. The molecule has 0 radical (unpaired) electrons. The van der Waals surface area contributed by atoms with Gasteiger partial charge in [0.2, 0.25) is 0 Å². The van der Waals surface area contributed by atoms with Crippen molar-refractivity contribution in [3.63, 3.8) is 0 Å². The summed E-state index contributed by atoms with van der Waals surface area (Å²) in [5, 5.41) is 0. The number of benzene rings is 1. The van der Waals surface area contributed by atoms with Crippen molar-refractivity contribution in [2.45, 2.75) is 13.8 Å². The maximum atomic E-state index is 10.8. The molecule has 3 heteroatoms. The Kier molecular flexibility index (Phi) is 3.72. The number of aryl methyl sites for hydroxylation is 1. The Bertz CT molecular complexity index is 547. The van der Waals surface area contributed by atoms with Gasteiger partial charge in [0.15, 0.2) is 0 Å². The van der Waals surface area contributed by atoms with Crippen LogP contribution < -0.4 is 4.74 Å². The predicted octanol–water partition coefficient (Wildman–Crippen LogP) is 3.27. The van der Waals surface area contributed by atoms with Crippen LogP contribution in [0.1, 0.15) is 23.0 Å². The van der Waals surface area contributed by atoms with Gasteiger partial charge in [-0.25, -0.2) is 0 Å². The Morgan fingerprint density at radius 1 is 1.22 bits per heavy atom. The minimum Gasteiger partial charge on any atom is -0.494 e. The van der Waals surface area contributed by atoms with E-state index in [1.807, 2.05) is 38.1 Å². The van der Waals surface area contributed by atoms with E-state index in [2.05, 4.69) is 4.98 Å². The third-order valence-corrected chi connectivity index (χ3v) is 2.57. The van der Waals surface area contributed by atoms with E-state index < -0.39 is 0 Å². The Morgan fingerprint density at radius 3 is 2.56 bits per heavy atom. The molecular weight excluding hydrogens is 226 g/mol. The van der Waals surface area contributed by atoms with Crippen molar-refractivity contribution in [3.05, 3.63) is 47.7 Å². The molecular formula is C15H15NO2. The average Bonchev–Trinajstić information content (AvgIpc) is 2.39. The summed E-state index contributed by atoms with van der Waals surface area (Å²) in [6.07, 6.45) is 0.840. The first kappa shape index (κ1) is 12.3. The Hall–Kier alpha value is -2.16. The fraction of sp³-hybridized carbons (Fsp3) is 0.200. The van der Waals surface area contributed by atoms with Gasteiger partial charge in [0, 0.05) is 16.8 Å². The normalized spacial score (nSPS) is 10.1. The zero-order valence-corrected chi connectivity index (χ0v) is 10.5. The standard InChI is InChI=1S/C15H15NO2/c1-3-18-14-6-4-13(5-7-14)15-9-12(10-17)8-11(2)16-15/h4-10H,3H2,1-2H3. The van der Waals surface area contributed by atoms with E-state index in [1.54, 1.807) is 12.1 Å².